The molecule has 0 radical (unpaired) electrons. The minimum Gasteiger partial charge on any atom is -0.411 e. The minimum absolute atomic E-state index is 0.0532. The summed E-state index contributed by atoms with van der Waals surface area (Å²) in [7, 11) is 0. The number of halogens is 1. The van der Waals surface area contributed by atoms with Crippen molar-refractivity contribution < 1.29 is 14.8 Å². The highest BCUT2D eigenvalue weighted by molar-refractivity contribution is 6.31. The van der Waals surface area contributed by atoms with E-state index < -0.39 is 12.6 Å². The van der Waals surface area contributed by atoms with E-state index in [2.05, 4.69) is 10.3 Å². The summed E-state index contributed by atoms with van der Waals surface area (Å²) in [4.78, 5) is 0. The van der Waals surface area contributed by atoms with Gasteiger partial charge in [0, 0.05) is 5.92 Å². The second-order valence-electron chi connectivity index (χ2n) is 2.03. The molecule has 0 saturated carbocycles. The third-order valence-corrected chi connectivity index (χ3v) is 1.40. The molecule has 0 rings (SSSR count). The third-order valence-electron chi connectivity index (χ3n) is 1.40. The van der Waals surface area contributed by atoms with Gasteiger partial charge in [0.15, 0.2) is 0 Å². The van der Waals surface area contributed by atoms with Gasteiger partial charge in [-0.1, -0.05) is 17.2 Å². The number of hydrogen-bond donors (Lipinski definition) is 2. The highest BCUT2D eigenvalue weighted by atomic mass is 19.1. The zero-order chi connectivity index (χ0) is 8.69. The van der Waals surface area contributed by atoms with Crippen LogP contribution in [0.4, 0.5) is 4.39 Å². The fourth-order valence-corrected chi connectivity index (χ4v) is 0.669. The predicted octanol–water partition coefficient (Wildman–Crippen LogP) is 1.27. The highest BCUT2D eigenvalue weighted by Crippen LogP contribution is 2.04. The average molecular weight is 162 g/mol. The van der Waals surface area contributed by atoms with Crippen LogP contribution in [0.15, 0.2) is 10.3 Å². The van der Waals surface area contributed by atoms with Gasteiger partial charge >= 0.3 is 0 Å². The molecule has 0 aromatic rings. The van der Waals surface area contributed by atoms with Crippen molar-refractivity contribution in [3.8, 4) is 0 Å². The molecule has 1 unspecified atom stereocenters. The van der Waals surface area contributed by atoms with Gasteiger partial charge in [0.2, 0.25) is 0 Å². The molecule has 5 heteroatoms. The van der Waals surface area contributed by atoms with Crippen LogP contribution in [-0.2, 0) is 0 Å². The third kappa shape index (κ3) is 2.97. The summed E-state index contributed by atoms with van der Waals surface area (Å²) >= 11 is 0. The van der Waals surface area contributed by atoms with Crippen LogP contribution in [0.3, 0.4) is 0 Å². The fourth-order valence-electron chi connectivity index (χ4n) is 0.669. The maximum absolute atomic E-state index is 12.1. The smallest absolute Gasteiger partial charge is 0.107 e. The highest BCUT2D eigenvalue weighted by Gasteiger charge is 2.12. The Bertz CT molecular complexity index is 155. The maximum Gasteiger partial charge on any atom is 0.107 e. The van der Waals surface area contributed by atoms with Crippen LogP contribution in [0.1, 0.15) is 13.3 Å². The Morgan fingerprint density at radius 1 is 1.64 bits per heavy atom. The Hall–Kier alpha value is -1.13. The largest absolute Gasteiger partial charge is 0.411 e. The number of rotatable bonds is 4. The standard InChI is InChI=1S/C6H11FN2O2/c1-2-5(3-7)6(9-11)4-8-10/h4-5,10-11H,2-3H2,1H3. The normalized spacial score (nSPS) is 15.6. The molecule has 2 N–H and O–H groups in total. The lowest BCUT2D eigenvalue weighted by Gasteiger charge is -2.06. The van der Waals surface area contributed by atoms with E-state index in [1.807, 2.05) is 0 Å². The van der Waals surface area contributed by atoms with Gasteiger partial charge in [0.05, 0.1) is 12.9 Å². The first-order valence-electron chi connectivity index (χ1n) is 3.25. The van der Waals surface area contributed by atoms with Crippen molar-refractivity contribution >= 4 is 11.9 Å². The molecular weight excluding hydrogens is 151 g/mol. The molecule has 0 aromatic carbocycles. The van der Waals surface area contributed by atoms with E-state index in [-0.39, 0.29) is 5.71 Å². The lowest BCUT2D eigenvalue weighted by molar-refractivity contribution is 0.308. The van der Waals surface area contributed by atoms with Crippen molar-refractivity contribution in [1.82, 2.24) is 0 Å². The van der Waals surface area contributed by atoms with Crippen LogP contribution >= 0.6 is 0 Å². The maximum atomic E-state index is 12.1. The summed E-state index contributed by atoms with van der Waals surface area (Å²) in [6.45, 7) is 1.13. The lowest BCUT2D eigenvalue weighted by Crippen LogP contribution is -2.17. The summed E-state index contributed by atoms with van der Waals surface area (Å²) in [6, 6.07) is 0. The van der Waals surface area contributed by atoms with Crippen LogP contribution in [0.25, 0.3) is 0 Å². The molecule has 0 heterocycles. The Morgan fingerprint density at radius 3 is 2.55 bits per heavy atom. The average Bonchev–Trinajstić information content (AvgIpc) is 2.05. The van der Waals surface area contributed by atoms with Crippen molar-refractivity contribution in [2.45, 2.75) is 13.3 Å². The summed E-state index contributed by atoms with van der Waals surface area (Å²) in [5, 5.41) is 21.8. The molecule has 0 spiro atoms. The quantitative estimate of drug-likeness (QED) is 0.371. The van der Waals surface area contributed by atoms with E-state index in [0.717, 1.165) is 6.21 Å². The molecule has 0 aliphatic rings. The van der Waals surface area contributed by atoms with Crippen LogP contribution in [0.2, 0.25) is 0 Å². The van der Waals surface area contributed by atoms with E-state index in [1.165, 1.54) is 0 Å². The van der Waals surface area contributed by atoms with Gasteiger partial charge in [-0.05, 0) is 6.42 Å². The SMILES string of the molecule is CCC(CF)C(C=NO)=NO. The molecule has 0 aliphatic carbocycles. The van der Waals surface area contributed by atoms with Gasteiger partial charge in [0.25, 0.3) is 0 Å². The molecule has 0 amide bonds. The van der Waals surface area contributed by atoms with Crippen LogP contribution < -0.4 is 0 Å². The first-order valence-corrected chi connectivity index (χ1v) is 3.25. The van der Waals surface area contributed by atoms with E-state index in [9.17, 15) is 4.39 Å². The van der Waals surface area contributed by atoms with Gasteiger partial charge < -0.3 is 10.4 Å². The molecule has 0 saturated heterocycles. The van der Waals surface area contributed by atoms with Gasteiger partial charge in [0.1, 0.15) is 5.71 Å². The Kier molecular flexibility index (Phi) is 5.06. The van der Waals surface area contributed by atoms with Gasteiger partial charge in [-0.25, -0.2) is 0 Å². The van der Waals surface area contributed by atoms with Gasteiger partial charge in [-0.2, -0.15) is 0 Å². The molecule has 4 nitrogen and oxygen atoms in total. The van der Waals surface area contributed by atoms with Crippen LogP contribution in [0.5, 0.6) is 0 Å². The minimum atomic E-state index is -0.623. The first kappa shape index (κ1) is 9.87. The topological polar surface area (TPSA) is 65.2 Å². The van der Waals surface area contributed by atoms with E-state index in [4.69, 9.17) is 10.4 Å². The summed E-state index contributed by atoms with van der Waals surface area (Å²) in [6.07, 6.45) is 1.43. The molecule has 64 valence electrons. The summed E-state index contributed by atoms with van der Waals surface area (Å²) in [5.74, 6) is -0.490. The van der Waals surface area contributed by atoms with Crippen LogP contribution in [0, 0.1) is 5.92 Å². The second kappa shape index (κ2) is 5.64. The van der Waals surface area contributed by atoms with E-state index in [0.29, 0.717) is 6.42 Å². The number of alkyl halides is 1. The van der Waals surface area contributed by atoms with Gasteiger partial charge in [-0.3, -0.25) is 4.39 Å². The molecule has 11 heavy (non-hydrogen) atoms. The number of hydrogen-bond acceptors (Lipinski definition) is 4. The predicted molar refractivity (Wildman–Crippen MR) is 39.3 cm³/mol. The molecule has 0 aliphatic heterocycles. The van der Waals surface area contributed by atoms with Crippen molar-refractivity contribution in [3.05, 3.63) is 0 Å². The van der Waals surface area contributed by atoms with Crippen molar-refractivity contribution in [2.24, 2.45) is 16.2 Å². The number of nitrogens with zero attached hydrogens (tertiary/aromatic N) is 2. The summed E-state index contributed by atoms with van der Waals surface area (Å²) < 4.78 is 12.1. The Morgan fingerprint density at radius 2 is 2.27 bits per heavy atom. The Labute approximate surface area is 64.0 Å². The zero-order valence-corrected chi connectivity index (χ0v) is 6.24. The summed E-state index contributed by atoms with van der Waals surface area (Å²) in [5.41, 5.74) is 0.0532. The molecule has 0 bridgehead atoms. The second-order valence-corrected chi connectivity index (χ2v) is 2.03. The van der Waals surface area contributed by atoms with Crippen LogP contribution in [-0.4, -0.2) is 29.0 Å². The molecule has 0 fully saturated rings. The fraction of sp³-hybridized carbons (Fsp3) is 0.667. The first-order chi connectivity index (χ1) is 5.29. The molecular formula is C6H11FN2O2. The molecule has 1 atom stereocenters. The van der Waals surface area contributed by atoms with Crippen molar-refractivity contribution in [3.63, 3.8) is 0 Å². The molecule has 0 aromatic heterocycles. The lowest BCUT2D eigenvalue weighted by atomic mass is 10.0. The van der Waals surface area contributed by atoms with Crippen molar-refractivity contribution in [1.29, 1.82) is 0 Å². The van der Waals surface area contributed by atoms with Gasteiger partial charge in [-0.15, -0.1) is 0 Å². The van der Waals surface area contributed by atoms with Crippen molar-refractivity contribution in [2.75, 3.05) is 6.67 Å². The van der Waals surface area contributed by atoms with E-state index >= 15 is 0 Å². The monoisotopic (exact) mass is 162 g/mol. The van der Waals surface area contributed by atoms with E-state index in [1.54, 1.807) is 6.92 Å². The Balaban J connectivity index is 4.22. The number of oxime groups is 2. The zero-order valence-electron chi connectivity index (χ0n) is 6.24.